The van der Waals surface area contributed by atoms with Crippen molar-refractivity contribution in [1.29, 1.82) is 0 Å². The largest absolute Gasteiger partial charge is 0.350 e. The van der Waals surface area contributed by atoms with Gasteiger partial charge < -0.3 is 5.32 Å². The Morgan fingerprint density at radius 1 is 1.12 bits per heavy atom. The minimum absolute atomic E-state index is 0.0438. The van der Waals surface area contributed by atoms with E-state index in [1.54, 1.807) is 10.9 Å². The Balaban J connectivity index is 1.54. The van der Waals surface area contributed by atoms with E-state index in [1.165, 1.54) is 25.8 Å². The first-order valence-electron chi connectivity index (χ1n) is 8.91. The molecule has 2 fully saturated rings. The number of aromatic nitrogens is 2. The summed E-state index contributed by atoms with van der Waals surface area (Å²) in [5.41, 5.74) is 0.970. The molecule has 0 radical (unpaired) electrons. The molecule has 0 unspecified atom stereocenters. The fourth-order valence-corrected chi connectivity index (χ4v) is 4.17. The van der Waals surface area contributed by atoms with Crippen molar-refractivity contribution < 1.29 is 4.79 Å². The van der Waals surface area contributed by atoms with Crippen LogP contribution in [0, 0.1) is 0 Å². The van der Waals surface area contributed by atoms with Crippen LogP contribution >= 0.6 is 0 Å². The average Bonchev–Trinajstić information content (AvgIpc) is 3.27. The predicted octanol–water partition coefficient (Wildman–Crippen LogP) is 2.22. The minimum Gasteiger partial charge on any atom is -0.350 e. The van der Waals surface area contributed by atoms with Gasteiger partial charge in [-0.15, -0.1) is 0 Å². The molecule has 2 saturated heterocycles. The number of carbonyl (C=O) groups is 1. The first-order chi connectivity index (χ1) is 11.8. The summed E-state index contributed by atoms with van der Waals surface area (Å²) in [6, 6.07) is 12.1. The van der Waals surface area contributed by atoms with E-state index >= 15 is 0 Å². The van der Waals surface area contributed by atoms with E-state index in [2.05, 4.69) is 15.3 Å². The van der Waals surface area contributed by atoms with Gasteiger partial charge in [0, 0.05) is 31.0 Å². The van der Waals surface area contributed by atoms with Crippen molar-refractivity contribution in [3.05, 3.63) is 54.4 Å². The Labute approximate surface area is 142 Å². The van der Waals surface area contributed by atoms with E-state index < -0.39 is 6.04 Å². The Hall–Kier alpha value is -2.14. The molecule has 5 nitrogen and oxygen atoms in total. The van der Waals surface area contributed by atoms with Gasteiger partial charge in [-0.25, -0.2) is 0 Å². The van der Waals surface area contributed by atoms with E-state index in [4.69, 9.17) is 0 Å². The number of benzene rings is 1. The second-order valence-corrected chi connectivity index (χ2v) is 6.80. The van der Waals surface area contributed by atoms with Gasteiger partial charge in [-0.3, -0.25) is 14.4 Å². The number of hydrogen-bond acceptors (Lipinski definition) is 3. The molecule has 0 saturated carbocycles. The highest BCUT2D eigenvalue weighted by Gasteiger charge is 2.37. The number of carbonyl (C=O) groups excluding carboxylic acids is 1. The van der Waals surface area contributed by atoms with Crippen LogP contribution in [0.2, 0.25) is 0 Å². The second kappa shape index (κ2) is 6.77. The van der Waals surface area contributed by atoms with Crippen molar-refractivity contribution in [3.8, 4) is 0 Å². The molecule has 3 heterocycles. The molecule has 4 rings (SSSR count). The number of hydrogen-bond donors (Lipinski definition) is 1. The van der Waals surface area contributed by atoms with E-state index in [0.717, 1.165) is 18.5 Å². The van der Waals surface area contributed by atoms with Crippen molar-refractivity contribution in [2.75, 3.05) is 13.1 Å². The number of amides is 1. The molecule has 126 valence electrons. The highest BCUT2D eigenvalue weighted by molar-refractivity contribution is 5.83. The first-order valence-corrected chi connectivity index (χ1v) is 8.91. The van der Waals surface area contributed by atoms with Gasteiger partial charge in [-0.1, -0.05) is 36.8 Å². The lowest BCUT2D eigenvalue weighted by Crippen LogP contribution is -2.48. The Bertz CT molecular complexity index is 670. The molecule has 1 aromatic carbocycles. The third-order valence-corrected chi connectivity index (χ3v) is 5.34. The van der Waals surface area contributed by atoms with Gasteiger partial charge in [-0.05, 0) is 37.4 Å². The van der Waals surface area contributed by atoms with Gasteiger partial charge >= 0.3 is 0 Å². The van der Waals surface area contributed by atoms with Crippen LogP contribution in [0.1, 0.15) is 37.3 Å². The van der Waals surface area contributed by atoms with Crippen LogP contribution in [-0.2, 0) is 4.79 Å². The summed E-state index contributed by atoms with van der Waals surface area (Å²) in [6.07, 6.45) is 8.39. The highest BCUT2D eigenvalue weighted by atomic mass is 16.2. The third kappa shape index (κ3) is 2.96. The zero-order chi connectivity index (χ0) is 16.4. The van der Waals surface area contributed by atoms with E-state index in [1.807, 2.05) is 42.6 Å². The first kappa shape index (κ1) is 15.4. The molecule has 0 bridgehead atoms. The number of nitrogens with zero attached hydrogens (tertiary/aromatic N) is 3. The third-order valence-electron chi connectivity index (χ3n) is 5.34. The smallest absolute Gasteiger partial charge is 0.249 e. The van der Waals surface area contributed by atoms with Gasteiger partial charge in [-0.2, -0.15) is 5.10 Å². The van der Waals surface area contributed by atoms with Gasteiger partial charge in [0.2, 0.25) is 5.91 Å². The zero-order valence-corrected chi connectivity index (χ0v) is 13.8. The SMILES string of the molecule is O=C(N[C@@H]1CCN2CCCC[C@@H]12)[C@H](c1ccccc1)n1cccn1. The molecule has 1 aromatic heterocycles. The van der Waals surface area contributed by atoms with Crippen LogP contribution < -0.4 is 5.32 Å². The van der Waals surface area contributed by atoms with Crippen LogP contribution in [0.25, 0.3) is 0 Å². The monoisotopic (exact) mass is 324 g/mol. The van der Waals surface area contributed by atoms with Crippen molar-refractivity contribution in [2.24, 2.45) is 0 Å². The van der Waals surface area contributed by atoms with E-state index in [-0.39, 0.29) is 11.9 Å². The summed E-state index contributed by atoms with van der Waals surface area (Å²) in [4.78, 5) is 15.6. The molecule has 2 aliphatic rings. The van der Waals surface area contributed by atoms with E-state index in [9.17, 15) is 4.79 Å². The molecule has 24 heavy (non-hydrogen) atoms. The molecule has 2 aromatic rings. The van der Waals surface area contributed by atoms with Crippen molar-refractivity contribution in [1.82, 2.24) is 20.0 Å². The maximum absolute atomic E-state index is 13.1. The standard InChI is InChI=1S/C19H24N4O/c24-19(21-16-10-14-22-12-5-4-9-17(16)22)18(23-13-6-11-20-23)15-7-2-1-3-8-15/h1-3,6-8,11,13,16-18H,4-5,9-10,12,14H2,(H,21,24)/t16-,17+,18+/m1/s1. The summed E-state index contributed by atoms with van der Waals surface area (Å²) in [5, 5.41) is 7.64. The second-order valence-electron chi connectivity index (χ2n) is 6.80. The van der Waals surface area contributed by atoms with Crippen LogP contribution in [0.15, 0.2) is 48.8 Å². The molecular weight excluding hydrogens is 300 g/mol. The predicted molar refractivity (Wildman–Crippen MR) is 92.6 cm³/mol. The fraction of sp³-hybridized carbons (Fsp3) is 0.474. The average molecular weight is 324 g/mol. The zero-order valence-electron chi connectivity index (χ0n) is 13.8. The lowest BCUT2D eigenvalue weighted by molar-refractivity contribution is -0.124. The number of fused-ring (bicyclic) bond motifs is 1. The molecular formula is C19H24N4O. The number of piperidine rings is 1. The van der Waals surface area contributed by atoms with Crippen LogP contribution in [0.3, 0.4) is 0 Å². The topological polar surface area (TPSA) is 50.2 Å². The summed E-state index contributed by atoms with van der Waals surface area (Å²) in [6.45, 7) is 2.28. The fourth-order valence-electron chi connectivity index (χ4n) is 4.17. The molecule has 2 aliphatic heterocycles. The number of rotatable bonds is 4. The van der Waals surface area contributed by atoms with Gasteiger partial charge in [0.1, 0.15) is 0 Å². The normalized spacial score (nSPS) is 25.2. The Kier molecular flexibility index (Phi) is 4.34. The molecule has 1 N–H and O–H groups in total. The van der Waals surface area contributed by atoms with Crippen LogP contribution in [-0.4, -0.2) is 45.8 Å². The maximum Gasteiger partial charge on any atom is 0.249 e. The minimum atomic E-state index is -0.404. The lowest BCUT2D eigenvalue weighted by Gasteiger charge is -2.33. The van der Waals surface area contributed by atoms with Crippen molar-refractivity contribution in [3.63, 3.8) is 0 Å². The molecule has 3 atom stereocenters. The number of nitrogens with one attached hydrogen (secondary N) is 1. The summed E-state index contributed by atoms with van der Waals surface area (Å²) >= 11 is 0. The van der Waals surface area contributed by atoms with E-state index in [0.29, 0.717) is 6.04 Å². The van der Waals surface area contributed by atoms with Gasteiger partial charge in [0.15, 0.2) is 6.04 Å². The summed E-state index contributed by atoms with van der Waals surface area (Å²) in [7, 11) is 0. The quantitative estimate of drug-likeness (QED) is 0.938. The maximum atomic E-state index is 13.1. The van der Waals surface area contributed by atoms with Crippen LogP contribution in [0.4, 0.5) is 0 Å². The molecule has 1 amide bonds. The highest BCUT2D eigenvalue weighted by Crippen LogP contribution is 2.28. The lowest BCUT2D eigenvalue weighted by atomic mass is 9.98. The van der Waals surface area contributed by atoms with Crippen molar-refractivity contribution in [2.45, 2.75) is 43.8 Å². The van der Waals surface area contributed by atoms with Crippen LogP contribution in [0.5, 0.6) is 0 Å². The van der Waals surface area contributed by atoms with Crippen molar-refractivity contribution >= 4 is 5.91 Å². The summed E-state index contributed by atoms with van der Waals surface area (Å²) < 4.78 is 1.75. The van der Waals surface area contributed by atoms with Gasteiger partial charge in [0.05, 0.1) is 0 Å². The Morgan fingerprint density at radius 3 is 2.79 bits per heavy atom. The molecule has 5 heteroatoms. The Morgan fingerprint density at radius 2 is 2.00 bits per heavy atom. The summed E-state index contributed by atoms with van der Waals surface area (Å²) in [5.74, 6) is 0.0438. The molecule has 0 aliphatic carbocycles. The van der Waals surface area contributed by atoms with Gasteiger partial charge in [0.25, 0.3) is 0 Å². The molecule has 0 spiro atoms.